The van der Waals surface area contributed by atoms with Crippen molar-refractivity contribution in [2.45, 2.75) is 39.2 Å². The summed E-state index contributed by atoms with van der Waals surface area (Å²) in [7, 11) is 2.00. The van der Waals surface area contributed by atoms with E-state index in [0.29, 0.717) is 6.04 Å². The van der Waals surface area contributed by atoms with Crippen LogP contribution < -0.4 is 10.2 Å². The van der Waals surface area contributed by atoms with Crippen molar-refractivity contribution in [2.24, 2.45) is 5.92 Å². The standard InChI is InChI=1S/C16H25BrN2/c1-12-5-4-9-19(10-8-12)14-6-7-15(13(2)18-3)16(17)11-14/h6-7,11-13,18H,4-5,8-10H2,1-3H3. The Morgan fingerprint density at radius 1 is 1.32 bits per heavy atom. The molecule has 0 spiro atoms. The number of hydrogen-bond acceptors (Lipinski definition) is 2. The molecule has 2 rings (SSSR count). The molecule has 1 saturated heterocycles. The average molecular weight is 325 g/mol. The lowest BCUT2D eigenvalue weighted by molar-refractivity contribution is 0.521. The SMILES string of the molecule is CNC(C)c1ccc(N2CCCC(C)CC2)cc1Br. The quantitative estimate of drug-likeness (QED) is 0.888. The minimum Gasteiger partial charge on any atom is -0.371 e. The zero-order valence-corrected chi connectivity index (χ0v) is 13.8. The molecule has 1 aromatic carbocycles. The summed E-state index contributed by atoms with van der Waals surface area (Å²) < 4.78 is 1.21. The van der Waals surface area contributed by atoms with Crippen LogP contribution in [0.2, 0.25) is 0 Å². The molecule has 106 valence electrons. The monoisotopic (exact) mass is 324 g/mol. The molecule has 1 aromatic rings. The van der Waals surface area contributed by atoms with Crippen LogP contribution in [0.1, 0.15) is 44.7 Å². The molecule has 3 heteroatoms. The van der Waals surface area contributed by atoms with E-state index in [-0.39, 0.29) is 0 Å². The van der Waals surface area contributed by atoms with Gasteiger partial charge in [-0.05, 0) is 56.8 Å². The Morgan fingerprint density at radius 3 is 2.79 bits per heavy atom. The van der Waals surface area contributed by atoms with Crippen molar-refractivity contribution in [1.82, 2.24) is 5.32 Å². The van der Waals surface area contributed by atoms with Crippen molar-refractivity contribution in [2.75, 3.05) is 25.0 Å². The molecule has 1 N–H and O–H groups in total. The largest absolute Gasteiger partial charge is 0.371 e. The first kappa shape index (κ1) is 14.9. The third kappa shape index (κ3) is 3.73. The van der Waals surface area contributed by atoms with Crippen LogP contribution in [0, 0.1) is 5.92 Å². The maximum atomic E-state index is 3.72. The fourth-order valence-electron chi connectivity index (χ4n) is 2.74. The van der Waals surface area contributed by atoms with Gasteiger partial charge in [0.1, 0.15) is 0 Å². The van der Waals surface area contributed by atoms with Gasteiger partial charge < -0.3 is 10.2 Å². The number of hydrogen-bond donors (Lipinski definition) is 1. The van der Waals surface area contributed by atoms with Crippen LogP contribution in [0.3, 0.4) is 0 Å². The average Bonchev–Trinajstić information content (AvgIpc) is 2.62. The fourth-order valence-corrected chi connectivity index (χ4v) is 3.45. The molecule has 0 aliphatic carbocycles. The second kappa shape index (κ2) is 6.76. The Balaban J connectivity index is 2.15. The Bertz CT molecular complexity index is 419. The second-order valence-corrected chi connectivity index (χ2v) is 6.59. The summed E-state index contributed by atoms with van der Waals surface area (Å²) in [5.41, 5.74) is 2.68. The smallest absolute Gasteiger partial charge is 0.0377 e. The zero-order valence-electron chi connectivity index (χ0n) is 12.2. The minimum absolute atomic E-state index is 0.382. The lowest BCUT2D eigenvalue weighted by Crippen LogP contribution is -2.24. The van der Waals surface area contributed by atoms with Gasteiger partial charge in [-0.3, -0.25) is 0 Å². The first-order chi connectivity index (χ1) is 9.11. The van der Waals surface area contributed by atoms with Crippen LogP contribution in [0.4, 0.5) is 5.69 Å². The topological polar surface area (TPSA) is 15.3 Å². The molecule has 0 radical (unpaired) electrons. The predicted molar refractivity (Wildman–Crippen MR) is 86.8 cm³/mol. The highest BCUT2D eigenvalue weighted by Crippen LogP contribution is 2.30. The van der Waals surface area contributed by atoms with Gasteiger partial charge in [-0.1, -0.05) is 28.9 Å². The van der Waals surface area contributed by atoms with Gasteiger partial charge in [0.2, 0.25) is 0 Å². The molecule has 0 bridgehead atoms. The molecule has 0 amide bonds. The Labute approximate surface area is 125 Å². The molecular formula is C16H25BrN2. The molecule has 1 aliphatic rings. The van der Waals surface area contributed by atoms with Crippen LogP contribution >= 0.6 is 15.9 Å². The third-order valence-electron chi connectivity index (χ3n) is 4.27. The molecule has 0 saturated carbocycles. The predicted octanol–water partition coefficient (Wildman–Crippen LogP) is 4.36. The number of halogens is 1. The van der Waals surface area contributed by atoms with E-state index in [0.717, 1.165) is 5.92 Å². The summed E-state index contributed by atoms with van der Waals surface area (Å²) in [4.78, 5) is 2.53. The summed E-state index contributed by atoms with van der Waals surface area (Å²) in [6.45, 7) is 6.94. The van der Waals surface area contributed by atoms with Gasteiger partial charge in [0.15, 0.2) is 0 Å². The molecule has 2 nitrogen and oxygen atoms in total. The first-order valence-corrected chi connectivity index (χ1v) is 8.12. The molecule has 2 atom stereocenters. The maximum Gasteiger partial charge on any atom is 0.0377 e. The molecule has 19 heavy (non-hydrogen) atoms. The van der Waals surface area contributed by atoms with Gasteiger partial charge in [-0.15, -0.1) is 0 Å². The zero-order chi connectivity index (χ0) is 13.8. The van der Waals surface area contributed by atoms with E-state index in [9.17, 15) is 0 Å². The highest BCUT2D eigenvalue weighted by molar-refractivity contribution is 9.10. The normalized spacial score (nSPS) is 22.1. The van der Waals surface area contributed by atoms with Gasteiger partial charge in [0.05, 0.1) is 0 Å². The fraction of sp³-hybridized carbons (Fsp3) is 0.625. The number of nitrogens with zero attached hydrogens (tertiary/aromatic N) is 1. The summed E-state index contributed by atoms with van der Waals surface area (Å²) in [5, 5.41) is 3.29. The van der Waals surface area contributed by atoms with Crippen LogP contribution in [0.25, 0.3) is 0 Å². The lowest BCUT2D eigenvalue weighted by atomic mass is 10.0. The van der Waals surface area contributed by atoms with Gasteiger partial charge in [0, 0.05) is 29.3 Å². The highest BCUT2D eigenvalue weighted by Gasteiger charge is 2.15. The van der Waals surface area contributed by atoms with Crippen LogP contribution in [-0.2, 0) is 0 Å². The van der Waals surface area contributed by atoms with Crippen molar-refractivity contribution >= 4 is 21.6 Å². The highest BCUT2D eigenvalue weighted by atomic mass is 79.9. The third-order valence-corrected chi connectivity index (χ3v) is 4.95. The van der Waals surface area contributed by atoms with E-state index in [2.05, 4.69) is 58.2 Å². The van der Waals surface area contributed by atoms with Gasteiger partial charge in [0.25, 0.3) is 0 Å². The summed E-state index contributed by atoms with van der Waals surface area (Å²) in [6, 6.07) is 7.17. The van der Waals surface area contributed by atoms with Crippen molar-refractivity contribution in [3.05, 3.63) is 28.2 Å². The van der Waals surface area contributed by atoms with Crippen molar-refractivity contribution in [3.63, 3.8) is 0 Å². The van der Waals surface area contributed by atoms with Crippen molar-refractivity contribution < 1.29 is 0 Å². The summed E-state index contributed by atoms with van der Waals surface area (Å²) in [6.07, 6.45) is 3.99. The summed E-state index contributed by atoms with van der Waals surface area (Å²) >= 11 is 3.72. The molecule has 1 heterocycles. The molecule has 1 fully saturated rings. The van der Waals surface area contributed by atoms with E-state index in [4.69, 9.17) is 0 Å². The number of rotatable bonds is 3. The Kier molecular flexibility index (Phi) is 5.28. The molecular weight excluding hydrogens is 300 g/mol. The number of anilines is 1. The van der Waals surface area contributed by atoms with Crippen LogP contribution in [0.5, 0.6) is 0 Å². The summed E-state index contributed by atoms with van der Waals surface area (Å²) in [5.74, 6) is 0.872. The second-order valence-electron chi connectivity index (χ2n) is 5.74. The van der Waals surface area contributed by atoms with E-state index >= 15 is 0 Å². The maximum absolute atomic E-state index is 3.72. The number of benzene rings is 1. The Morgan fingerprint density at radius 2 is 2.11 bits per heavy atom. The van der Waals surface area contributed by atoms with Gasteiger partial charge in [-0.25, -0.2) is 0 Å². The van der Waals surface area contributed by atoms with Crippen molar-refractivity contribution in [3.8, 4) is 0 Å². The van der Waals surface area contributed by atoms with E-state index in [1.54, 1.807) is 0 Å². The van der Waals surface area contributed by atoms with Gasteiger partial charge in [-0.2, -0.15) is 0 Å². The van der Waals surface area contributed by atoms with E-state index in [1.807, 2.05) is 7.05 Å². The van der Waals surface area contributed by atoms with E-state index in [1.165, 1.54) is 48.1 Å². The van der Waals surface area contributed by atoms with E-state index < -0.39 is 0 Å². The van der Waals surface area contributed by atoms with Crippen LogP contribution in [0.15, 0.2) is 22.7 Å². The van der Waals surface area contributed by atoms with Crippen molar-refractivity contribution in [1.29, 1.82) is 0 Å². The number of nitrogens with one attached hydrogen (secondary N) is 1. The lowest BCUT2D eigenvalue weighted by Gasteiger charge is -2.24. The Hall–Kier alpha value is -0.540. The molecule has 1 aliphatic heterocycles. The van der Waals surface area contributed by atoms with Crippen LogP contribution in [-0.4, -0.2) is 20.1 Å². The van der Waals surface area contributed by atoms with Gasteiger partial charge >= 0.3 is 0 Å². The molecule has 2 unspecified atom stereocenters. The minimum atomic E-state index is 0.382. The molecule has 0 aromatic heterocycles. The first-order valence-electron chi connectivity index (χ1n) is 7.33.